The van der Waals surface area contributed by atoms with Crippen molar-refractivity contribution in [3.05, 3.63) is 76.6 Å². The summed E-state index contributed by atoms with van der Waals surface area (Å²) in [6.07, 6.45) is -7.76. The van der Waals surface area contributed by atoms with Crippen LogP contribution in [0.1, 0.15) is 57.4 Å². The van der Waals surface area contributed by atoms with Gasteiger partial charge in [0.1, 0.15) is 43.5 Å². The first-order chi connectivity index (χ1) is 32.6. The van der Waals surface area contributed by atoms with Crippen LogP contribution in [-0.4, -0.2) is 127 Å². The third-order valence-corrected chi connectivity index (χ3v) is 20.3. The Balaban J connectivity index is 1.16. The number of nitrogens with zero attached hydrogens (tertiary/aromatic N) is 8. The second-order valence-corrected chi connectivity index (χ2v) is 28.5. The van der Waals surface area contributed by atoms with Crippen LogP contribution in [0.3, 0.4) is 0 Å². The molecule has 3 saturated heterocycles. The second kappa shape index (κ2) is 20.0. The summed E-state index contributed by atoms with van der Waals surface area (Å²) in [5.74, 6) is -1.44. The van der Waals surface area contributed by atoms with E-state index in [1.807, 2.05) is 33.9 Å². The van der Waals surface area contributed by atoms with Gasteiger partial charge in [-0.05, 0) is 53.9 Å². The van der Waals surface area contributed by atoms with Crippen molar-refractivity contribution in [1.29, 1.82) is 0 Å². The maximum atomic E-state index is 17.2. The number of H-pyrrole nitrogens is 1. The maximum absolute atomic E-state index is 17.2. The maximum Gasteiger partial charge on any atom is 0.328 e. The van der Waals surface area contributed by atoms with Gasteiger partial charge in [-0.2, -0.15) is 4.98 Å². The van der Waals surface area contributed by atoms with Crippen LogP contribution in [0.4, 0.5) is 16.2 Å². The number of ether oxygens (including phenoxy) is 2. The first-order valence-electron chi connectivity index (χ1n) is 21.6. The van der Waals surface area contributed by atoms with Crippen molar-refractivity contribution in [2.75, 3.05) is 37.0 Å². The SMILES string of the molecule is [C-]#[N+]CCOP1(=S)OC[C@H]2O[C@@H](n3cnc4c(=O)[nH]c(NC(=O)C(C)C)nc43)C(OP(O)(=S)OC[C@H]3O[C@@H](n4cnc5c(NC(=O)c6ccccc6)ncnc54)C(F)[C@H]3O1)[C@H]2O[Si](C)(C)C(C)(C)C. The number of carbonyl (C=O) groups is 2. The van der Waals surface area contributed by atoms with Gasteiger partial charge in [-0.3, -0.25) is 42.9 Å². The van der Waals surface area contributed by atoms with E-state index in [0.29, 0.717) is 5.56 Å². The molecule has 370 valence electrons. The fraction of sp³-hybridized carbons (Fsp3) is 0.525. The first kappa shape index (κ1) is 51.0. The summed E-state index contributed by atoms with van der Waals surface area (Å²) in [5, 5.41) is 4.92. The molecule has 69 heavy (non-hydrogen) atoms. The number of hydrogen-bond acceptors (Lipinski definition) is 18. The fourth-order valence-electron chi connectivity index (χ4n) is 7.31. The van der Waals surface area contributed by atoms with E-state index >= 15 is 4.39 Å². The zero-order chi connectivity index (χ0) is 49.6. The lowest BCUT2D eigenvalue weighted by Crippen LogP contribution is -2.50. The minimum atomic E-state index is -4.43. The van der Waals surface area contributed by atoms with Crippen LogP contribution in [0.15, 0.2) is 54.1 Å². The van der Waals surface area contributed by atoms with Crippen molar-refractivity contribution in [2.24, 2.45) is 5.92 Å². The molecule has 29 heteroatoms. The van der Waals surface area contributed by atoms with Crippen molar-refractivity contribution >= 4 is 91.3 Å². The Kier molecular flexibility index (Phi) is 14.8. The van der Waals surface area contributed by atoms with Gasteiger partial charge >= 0.3 is 13.4 Å². The number of halogens is 1. The van der Waals surface area contributed by atoms with Gasteiger partial charge in [0.25, 0.3) is 11.5 Å². The Morgan fingerprint density at radius 2 is 1.67 bits per heavy atom. The van der Waals surface area contributed by atoms with Gasteiger partial charge in [0.05, 0.1) is 25.9 Å². The van der Waals surface area contributed by atoms with Crippen LogP contribution in [0.5, 0.6) is 0 Å². The minimum Gasteiger partial charge on any atom is -0.408 e. The van der Waals surface area contributed by atoms with Gasteiger partial charge in [-0.25, -0.2) is 30.9 Å². The number of aromatic amines is 1. The van der Waals surface area contributed by atoms with Crippen molar-refractivity contribution in [3.63, 3.8) is 0 Å². The highest BCUT2D eigenvalue weighted by Crippen LogP contribution is 2.57. The zero-order valence-electron chi connectivity index (χ0n) is 38.2. The van der Waals surface area contributed by atoms with Gasteiger partial charge in [-0.15, -0.1) is 0 Å². The molecule has 4 unspecified atom stereocenters. The predicted octanol–water partition coefficient (Wildman–Crippen LogP) is 5.52. The Labute approximate surface area is 405 Å². The molecule has 0 spiro atoms. The lowest BCUT2D eigenvalue weighted by Gasteiger charge is -2.41. The van der Waals surface area contributed by atoms with E-state index < -0.39 is 107 Å². The van der Waals surface area contributed by atoms with Crippen LogP contribution < -0.4 is 16.2 Å². The standard InChI is InChI=1S/C40H50FN11O12P2S2Si/c1-21(2)34(53)49-39-48-33-27(36(55)50-39)46-20-52(33)38-30-29(64-69(7,8)40(3,4)5)24(61-38)17-59-66(68,57-15-14-42-6)63-28-23(16-58-65(56,67)62-30)60-37(25(28)41)51-19-45-26-31(43-18-44-32(26)51)47-35(54)22-12-10-9-11-13-22/h9-13,18-21,23-25,28-30,37-38H,14-17H2,1-5,7-8H3,(H,56,67)(H,43,44,47,54)(H2,48,49,50,53,55)/t23-,24-,25?,28+,29+,30?,37-,38-,65?,66?/m1/s1. The number of imidazole rings is 2. The van der Waals surface area contributed by atoms with E-state index in [-0.39, 0.29) is 52.3 Å². The quantitative estimate of drug-likeness (QED) is 0.0549. The number of amides is 2. The minimum absolute atomic E-state index is 0.0292. The molecular formula is C40H50FN11O12P2S2Si. The Hall–Kier alpha value is -4.36. The van der Waals surface area contributed by atoms with E-state index in [2.05, 4.69) is 45.4 Å². The number of carbonyl (C=O) groups excluding carboxylic acids is 2. The summed E-state index contributed by atoms with van der Waals surface area (Å²) in [7, 11) is -2.79. The average Bonchev–Trinajstić information content (AvgIpc) is 4.06. The zero-order valence-corrected chi connectivity index (χ0v) is 42.7. The third kappa shape index (κ3) is 10.8. The van der Waals surface area contributed by atoms with Crippen LogP contribution >= 0.6 is 13.4 Å². The Morgan fingerprint density at radius 1 is 0.986 bits per heavy atom. The van der Waals surface area contributed by atoms with Crippen molar-refractivity contribution < 1.29 is 55.4 Å². The number of fused-ring (bicyclic) bond motifs is 5. The lowest BCUT2D eigenvalue weighted by atomic mass is 10.1. The largest absolute Gasteiger partial charge is 0.408 e. The number of anilines is 2. The molecule has 10 atom stereocenters. The molecule has 3 aliphatic rings. The summed E-state index contributed by atoms with van der Waals surface area (Å²) in [5.41, 5.74) is -0.249. The Bertz CT molecular complexity index is 2940. The van der Waals surface area contributed by atoms with Crippen LogP contribution in [-0.2, 0) is 64.9 Å². The molecule has 3 aliphatic heterocycles. The first-order valence-corrected chi connectivity index (χ1v) is 29.6. The molecule has 0 radical (unpaired) electrons. The number of aromatic nitrogens is 8. The predicted molar refractivity (Wildman–Crippen MR) is 256 cm³/mol. The van der Waals surface area contributed by atoms with E-state index in [1.54, 1.807) is 44.2 Å². The molecule has 1 aromatic carbocycles. The molecule has 0 saturated carbocycles. The van der Waals surface area contributed by atoms with Crippen LogP contribution in [0, 0.1) is 12.5 Å². The molecule has 0 aliphatic carbocycles. The topological polar surface area (TPSA) is 264 Å². The van der Waals surface area contributed by atoms with E-state index in [0.717, 1.165) is 0 Å². The highest BCUT2D eigenvalue weighted by Gasteiger charge is 2.56. The van der Waals surface area contributed by atoms with Crippen LogP contribution in [0.2, 0.25) is 18.1 Å². The number of hydrogen-bond donors (Lipinski definition) is 4. The number of alkyl halides is 1. The summed E-state index contributed by atoms with van der Waals surface area (Å²) in [6.45, 7) is 10.8. The molecule has 2 amide bonds. The molecule has 2 bridgehead atoms. The van der Waals surface area contributed by atoms with Crippen LogP contribution in [0.25, 0.3) is 27.2 Å². The van der Waals surface area contributed by atoms with Crippen molar-refractivity contribution in [2.45, 2.75) is 102 Å². The van der Waals surface area contributed by atoms with E-state index in [1.165, 1.54) is 28.1 Å². The Morgan fingerprint density at radius 3 is 2.36 bits per heavy atom. The number of rotatable bonds is 11. The highest BCUT2D eigenvalue weighted by atomic mass is 32.5. The smallest absolute Gasteiger partial charge is 0.328 e. The molecule has 4 aromatic heterocycles. The molecule has 23 nitrogen and oxygen atoms in total. The molecular weight excluding hydrogens is 1000 g/mol. The van der Waals surface area contributed by atoms with Crippen molar-refractivity contribution in [1.82, 2.24) is 39.0 Å². The van der Waals surface area contributed by atoms with Gasteiger partial charge < -0.3 is 42.5 Å². The van der Waals surface area contributed by atoms with Gasteiger partial charge in [0.2, 0.25) is 18.4 Å². The number of nitrogens with one attached hydrogen (secondary N) is 3. The summed E-state index contributed by atoms with van der Waals surface area (Å²) >= 11 is 11.6. The van der Waals surface area contributed by atoms with Gasteiger partial charge in [0, 0.05) is 11.5 Å². The molecule has 5 aromatic rings. The summed E-state index contributed by atoms with van der Waals surface area (Å²) in [4.78, 5) is 78.6. The van der Waals surface area contributed by atoms with Crippen molar-refractivity contribution in [3.8, 4) is 0 Å². The van der Waals surface area contributed by atoms with Gasteiger partial charge in [0.15, 0.2) is 55.1 Å². The highest BCUT2D eigenvalue weighted by molar-refractivity contribution is 8.07. The average molecular weight is 1050 g/mol. The normalized spacial score (nSPS) is 28.9. The summed E-state index contributed by atoms with van der Waals surface area (Å²) < 4.78 is 70.9. The lowest BCUT2D eigenvalue weighted by molar-refractivity contribution is -0.118. The molecule has 7 heterocycles. The number of benzene rings is 1. The monoisotopic (exact) mass is 1050 g/mol. The summed E-state index contributed by atoms with van der Waals surface area (Å²) in [6, 6.07) is 8.43. The molecule has 4 N–H and O–H groups in total. The molecule has 3 fully saturated rings. The van der Waals surface area contributed by atoms with E-state index in [4.69, 9.17) is 66.7 Å². The second-order valence-electron chi connectivity index (χ2n) is 18.0. The molecule has 8 rings (SSSR count). The van der Waals surface area contributed by atoms with E-state index in [9.17, 15) is 19.3 Å². The van der Waals surface area contributed by atoms with Gasteiger partial charge in [-0.1, -0.05) is 52.8 Å². The fourth-order valence-corrected chi connectivity index (χ4v) is 12.1. The third-order valence-electron chi connectivity index (χ3n) is 11.9.